The molecule has 0 radical (unpaired) electrons. The monoisotopic (exact) mass is 374 g/mol. The van der Waals surface area contributed by atoms with Crippen LogP contribution in [0.5, 0.6) is 0 Å². The highest BCUT2D eigenvalue weighted by molar-refractivity contribution is 7.89. The molecule has 0 aliphatic heterocycles. The molecular formula is C19H22N2O4S. The van der Waals surface area contributed by atoms with Crippen LogP contribution in [0.2, 0.25) is 0 Å². The number of hydrogen-bond donors (Lipinski definition) is 2. The van der Waals surface area contributed by atoms with Crippen LogP contribution in [-0.2, 0) is 21.2 Å². The van der Waals surface area contributed by atoms with Gasteiger partial charge in [-0.05, 0) is 67.1 Å². The second-order valence-electron chi connectivity index (χ2n) is 6.50. The lowest BCUT2D eigenvalue weighted by Gasteiger charge is -2.27. The molecular weight excluding hydrogens is 352 g/mol. The number of ether oxygens (including phenoxy) is 1. The number of fused-ring (bicyclic) bond motifs is 1. The molecule has 1 aliphatic rings. The largest absolute Gasteiger partial charge is 0.465 e. The summed E-state index contributed by atoms with van der Waals surface area (Å²) < 4.78 is 33.4. The molecule has 3 N–H and O–H groups in total. The van der Waals surface area contributed by atoms with Crippen LogP contribution in [0.15, 0.2) is 41.3 Å². The number of methoxy groups -OCH3 is 1. The van der Waals surface area contributed by atoms with Gasteiger partial charge in [-0.2, -0.15) is 0 Å². The quantitative estimate of drug-likeness (QED) is 0.633. The van der Waals surface area contributed by atoms with Gasteiger partial charge in [-0.25, -0.2) is 17.9 Å². The second kappa shape index (κ2) is 7.09. The summed E-state index contributed by atoms with van der Waals surface area (Å²) in [5.41, 5.74) is 9.32. The van der Waals surface area contributed by atoms with Gasteiger partial charge in [-0.3, -0.25) is 0 Å². The Morgan fingerprint density at radius 2 is 2.00 bits per heavy atom. The fourth-order valence-corrected chi connectivity index (χ4v) is 4.86. The maximum atomic E-state index is 13.0. The van der Waals surface area contributed by atoms with Crippen LogP contribution in [0, 0.1) is 6.92 Å². The van der Waals surface area contributed by atoms with Crippen molar-refractivity contribution in [2.24, 2.45) is 0 Å². The van der Waals surface area contributed by atoms with Crippen molar-refractivity contribution >= 4 is 21.7 Å². The Labute approximate surface area is 153 Å². The van der Waals surface area contributed by atoms with Gasteiger partial charge in [0.25, 0.3) is 0 Å². The lowest BCUT2D eigenvalue weighted by molar-refractivity contribution is 0.0600. The zero-order chi connectivity index (χ0) is 18.9. The van der Waals surface area contributed by atoms with Crippen LogP contribution in [0.25, 0.3) is 0 Å². The number of hydrogen-bond acceptors (Lipinski definition) is 5. The number of sulfonamides is 1. The summed E-state index contributed by atoms with van der Waals surface area (Å²) in [4.78, 5) is 11.8. The van der Waals surface area contributed by atoms with E-state index in [1.54, 1.807) is 25.1 Å². The average Bonchev–Trinajstić information content (AvgIpc) is 2.61. The van der Waals surface area contributed by atoms with E-state index in [2.05, 4.69) is 9.46 Å². The summed E-state index contributed by atoms with van der Waals surface area (Å²) in [6.07, 6.45) is 2.48. The standard InChI is InChI=1S/C19H22N2O4S/c1-12-6-7-14(19(22)25-2)11-18(12)26(23,24)21-17-5-3-4-13-10-15(20)8-9-16(13)17/h6-11,17,21H,3-5,20H2,1-2H3. The van der Waals surface area contributed by atoms with Gasteiger partial charge < -0.3 is 10.5 Å². The fraction of sp³-hybridized carbons (Fsp3) is 0.316. The van der Waals surface area contributed by atoms with E-state index >= 15 is 0 Å². The first-order valence-electron chi connectivity index (χ1n) is 8.41. The van der Waals surface area contributed by atoms with E-state index < -0.39 is 16.0 Å². The molecule has 0 bridgehead atoms. The Balaban J connectivity index is 1.95. The van der Waals surface area contributed by atoms with Crippen LogP contribution in [0.1, 0.15) is 45.9 Å². The Morgan fingerprint density at radius 3 is 2.73 bits per heavy atom. The molecule has 2 aromatic carbocycles. The van der Waals surface area contributed by atoms with Crippen molar-refractivity contribution in [3.05, 3.63) is 58.7 Å². The average molecular weight is 374 g/mol. The van der Waals surface area contributed by atoms with Gasteiger partial charge in [-0.1, -0.05) is 12.1 Å². The highest BCUT2D eigenvalue weighted by atomic mass is 32.2. The van der Waals surface area contributed by atoms with Crippen LogP contribution >= 0.6 is 0 Å². The third kappa shape index (κ3) is 3.59. The van der Waals surface area contributed by atoms with Crippen LogP contribution < -0.4 is 10.5 Å². The van der Waals surface area contributed by atoms with E-state index in [0.29, 0.717) is 17.7 Å². The predicted molar refractivity (Wildman–Crippen MR) is 99.4 cm³/mol. The topological polar surface area (TPSA) is 98.5 Å². The Bertz CT molecular complexity index is 954. The van der Waals surface area contributed by atoms with E-state index in [0.717, 1.165) is 24.0 Å². The molecule has 1 atom stereocenters. The summed E-state index contributed by atoms with van der Waals surface area (Å²) in [5, 5.41) is 0. The molecule has 3 rings (SSSR count). The van der Waals surface area contributed by atoms with Crippen molar-refractivity contribution in [1.82, 2.24) is 4.72 Å². The van der Waals surface area contributed by atoms with Crippen molar-refractivity contribution in [3.8, 4) is 0 Å². The van der Waals surface area contributed by atoms with Gasteiger partial charge in [0.05, 0.1) is 17.6 Å². The molecule has 0 saturated heterocycles. The number of carbonyl (C=O) groups is 1. The molecule has 6 nitrogen and oxygen atoms in total. The van der Waals surface area contributed by atoms with Crippen molar-refractivity contribution in [3.63, 3.8) is 0 Å². The number of esters is 1. The Kier molecular flexibility index (Phi) is 5.02. The SMILES string of the molecule is COC(=O)c1ccc(C)c(S(=O)(=O)NC2CCCc3cc(N)ccc32)c1. The summed E-state index contributed by atoms with van der Waals surface area (Å²) in [7, 11) is -2.53. The molecule has 1 unspecified atom stereocenters. The molecule has 0 spiro atoms. The molecule has 7 heteroatoms. The van der Waals surface area contributed by atoms with Gasteiger partial charge in [0.1, 0.15) is 0 Å². The van der Waals surface area contributed by atoms with Gasteiger partial charge in [0.15, 0.2) is 0 Å². The Hall–Kier alpha value is -2.38. The van der Waals surface area contributed by atoms with E-state index in [-0.39, 0.29) is 16.5 Å². The minimum Gasteiger partial charge on any atom is -0.465 e. The highest BCUT2D eigenvalue weighted by Gasteiger charge is 2.27. The molecule has 26 heavy (non-hydrogen) atoms. The number of rotatable bonds is 4. The summed E-state index contributed by atoms with van der Waals surface area (Å²) in [6, 6.07) is 9.78. The number of benzene rings is 2. The number of anilines is 1. The maximum Gasteiger partial charge on any atom is 0.337 e. The second-order valence-corrected chi connectivity index (χ2v) is 8.18. The van der Waals surface area contributed by atoms with E-state index in [1.165, 1.54) is 13.2 Å². The van der Waals surface area contributed by atoms with E-state index in [1.807, 2.05) is 12.1 Å². The van der Waals surface area contributed by atoms with E-state index in [9.17, 15) is 13.2 Å². The smallest absolute Gasteiger partial charge is 0.337 e. The third-order valence-corrected chi connectivity index (χ3v) is 6.29. The van der Waals surface area contributed by atoms with Crippen LogP contribution in [0.3, 0.4) is 0 Å². The minimum atomic E-state index is -3.80. The first kappa shape index (κ1) is 18.4. The summed E-state index contributed by atoms with van der Waals surface area (Å²) in [5.74, 6) is -0.570. The minimum absolute atomic E-state index is 0.0861. The van der Waals surface area contributed by atoms with Crippen molar-refractivity contribution in [2.45, 2.75) is 37.1 Å². The lowest BCUT2D eigenvalue weighted by Crippen LogP contribution is -2.31. The van der Waals surface area contributed by atoms with Crippen LogP contribution in [-0.4, -0.2) is 21.5 Å². The lowest BCUT2D eigenvalue weighted by atomic mass is 9.88. The molecule has 0 heterocycles. The molecule has 0 aromatic heterocycles. The predicted octanol–water partition coefficient (Wildman–Crippen LogP) is 2.72. The molecule has 2 aromatic rings. The van der Waals surface area contributed by atoms with Gasteiger partial charge >= 0.3 is 5.97 Å². The molecule has 1 aliphatic carbocycles. The fourth-order valence-electron chi connectivity index (χ4n) is 3.34. The zero-order valence-corrected chi connectivity index (χ0v) is 15.6. The third-order valence-electron chi connectivity index (χ3n) is 4.68. The maximum absolute atomic E-state index is 13.0. The van der Waals surface area contributed by atoms with Crippen LogP contribution in [0.4, 0.5) is 5.69 Å². The zero-order valence-electron chi connectivity index (χ0n) is 14.8. The van der Waals surface area contributed by atoms with E-state index in [4.69, 9.17) is 5.73 Å². The number of carbonyl (C=O) groups excluding carboxylic acids is 1. The van der Waals surface area contributed by atoms with Gasteiger partial charge in [0.2, 0.25) is 10.0 Å². The number of aryl methyl sites for hydroxylation is 2. The normalized spacial score (nSPS) is 16.8. The summed E-state index contributed by atoms with van der Waals surface area (Å²) >= 11 is 0. The Morgan fingerprint density at radius 1 is 1.23 bits per heavy atom. The molecule has 0 amide bonds. The van der Waals surface area contributed by atoms with Gasteiger partial charge in [0, 0.05) is 11.7 Å². The first-order chi connectivity index (χ1) is 12.3. The highest BCUT2D eigenvalue weighted by Crippen LogP contribution is 2.32. The van der Waals surface area contributed by atoms with Gasteiger partial charge in [-0.15, -0.1) is 0 Å². The number of nitrogens with one attached hydrogen (secondary N) is 1. The number of nitrogen functional groups attached to an aromatic ring is 1. The first-order valence-corrected chi connectivity index (χ1v) is 9.90. The van der Waals surface area contributed by atoms with Crippen molar-refractivity contribution in [2.75, 3.05) is 12.8 Å². The van der Waals surface area contributed by atoms with Crippen molar-refractivity contribution < 1.29 is 17.9 Å². The van der Waals surface area contributed by atoms with Crippen molar-refractivity contribution in [1.29, 1.82) is 0 Å². The summed E-state index contributed by atoms with van der Waals surface area (Å²) in [6.45, 7) is 1.70. The number of nitrogens with two attached hydrogens (primary N) is 1. The molecule has 0 fully saturated rings. The molecule has 0 saturated carbocycles. The molecule has 138 valence electrons.